The summed E-state index contributed by atoms with van der Waals surface area (Å²) in [7, 11) is 0. The van der Waals surface area contributed by atoms with Crippen LogP contribution in [0.4, 0.5) is 5.69 Å². The first-order valence-electron chi connectivity index (χ1n) is 6.56. The molecule has 106 valence electrons. The minimum Gasteiger partial charge on any atom is -0.396 e. The van der Waals surface area contributed by atoms with E-state index in [-0.39, 0.29) is 6.61 Å². The van der Waals surface area contributed by atoms with Crippen LogP contribution in [0.2, 0.25) is 10.0 Å². The van der Waals surface area contributed by atoms with Gasteiger partial charge in [0.25, 0.3) is 0 Å². The molecule has 0 aliphatic rings. The number of halogens is 2. The molecule has 0 unspecified atom stereocenters. The molecule has 0 saturated carbocycles. The van der Waals surface area contributed by atoms with Gasteiger partial charge in [0.2, 0.25) is 0 Å². The van der Waals surface area contributed by atoms with E-state index in [1.807, 2.05) is 24.3 Å². The molecule has 0 aliphatic heterocycles. The molecule has 2 rings (SSSR count). The lowest BCUT2D eigenvalue weighted by molar-refractivity contribution is 0.288. The normalized spacial score (nSPS) is 10.6. The van der Waals surface area contributed by atoms with Crippen LogP contribution in [0.15, 0.2) is 42.5 Å². The fourth-order valence-corrected chi connectivity index (χ4v) is 2.61. The van der Waals surface area contributed by atoms with Gasteiger partial charge in [-0.1, -0.05) is 35.3 Å². The summed E-state index contributed by atoms with van der Waals surface area (Å²) in [5.74, 6) is 0. The van der Waals surface area contributed by atoms with Gasteiger partial charge >= 0.3 is 0 Å². The van der Waals surface area contributed by atoms with Crippen molar-refractivity contribution in [1.29, 1.82) is 0 Å². The number of benzene rings is 2. The first kappa shape index (κ1) is 15.2. The number of aliphatic hydroxyl groups excluding tert-OH is 1. The zero-order valence-corrected chi connectivity index (χ0v) is 12.6. The van der Waals surface area contributed by atoms with Gasteiger partial charge in [0.15, 0.2) is 0 Å². The topological polar surface area (TPSA) is 32.3 Å². The highest BCUT2D eigenvalue weighted by Crippen LogP contribution is 2.20. The fourth-order valence-electron chi connectivity index (χ4n) is 2.04. The van der Waals surface area contributed by atoms with Crippen molar-refractivity contribution in [2.24, 2.45) is 0 Å². The molecule has 4 heteroatoms. The molecule has 20 heavy (non-hydrogen) atoms. The second-order valence-electron chi connectivity index (χ2n) is 4.66. The highest BCUT2D eigenvalue weighted by Gasteiger charge is 2.00. The van der Waals surface area contributed by atoms with E-state index in [1.165, 1.54) is 5.56 Å². The van der Waals surface area contributed by atoms with Crippen LogP contribution in [0.25, 0.3) is 0 Å². The van der Waals surface area contributed by atoms with E-state index in [0.29, 0.717) is 16.6 Å². The van der Waals surface area contributed by atoms with Crippen LogP contribution in [0.1, 0.15) is 17.5 Å². The third kappa shape index (κ3) is 4.71. The molecule has 0 saturated heterocycles. The molecule has 0 heterocycles. The third-order valence-electron chi connectivity index (χ3n) is 2.97. The minimum absolute atomic E-state index is 0.221. The van der Waals surface area contributed by atoms with Gasteiger partial charge in [0.1, 0.15) is 0 Å². The SMILES string of the molecule is OCCCc1cccc(NCc2cc(Cl)cc(Cl)c2)c1. The monoisotopic (exact) mass is 309 g/mol. The predicted octanol–water partition coefficient (Wildman–Crippen LogP) is 4.53. The minimum atomic E-state index is 0.221. The molecule has 0 spiro atoms. The van der Waals surface area contributed by atoms with Crippen molar-refractivity contribution in [3.63, 3.8) is 0 Å². The summed E-state index contributed by atoms with van der Waals surface area (Å²) in [5, 5.41) is 13.5. The zero-order valence-electron chi connectivity index (χ0n) is 11.1. The van der Waals surface area contributed by atoms with E-state index in [1.54, 1.807) is 6.07 Å². The fraction of sp³-hybridized carbons (Fsp3) is 0.250. The Morgan fingerprint density at radius 1 is 0.950 bits per heavy atom. The standard InChI is InChI=1S/C16H17Cl2NO/c17-14-7-13(8-15(18)10-14)11-19-16-5-1-3-12(9-16)4-2-6-20/h1,3,5,7-10,19-20H,2,4,6,11H2. The van der Waals surface area contributed by atoms with Crippen LogP contribution in [-0.4, -0.2) is 11.7 Å². The largest absolute Gasteiger partial charge is 0.396 e. The Morgan fingerprint density at radius 2 is 1.70 bits per heavy atom. The summed E-state index contributed by atoms with van der Waals surface area (Å²) in [6.45, 7) is 0.891. The van der Waals surface area contributed by atoms with Gasteiger partial charge in [-0.3, -0.25) is 0 Å². The van der Waals surface area contributed by atoms with Crippen molar-refractivity contribution in [2.75, 3.05) is 11.9 Å². The quantitative estimate of drug-likeness (QED) is 0.821. The average molecular weight is 310 g/mol. The van der Waals surface area contributed by atoms with Crippen molar-refractivity contribution in [1.82, 2.24) is 0 Å². The van der Waals surface area contributed by atoms with Crippen molar-refractivity contribution in [2.45, 2.75) is 19.4 Å². The third-order valence-corrected chi connectivity index (χ3v) is 3.41. The molecule has 2 aromatic rings. The maximum Gasteiger partial charge on any atom is 0.0434 e. The Balaban J connectivity index is 1.99. The Bertz CT molecular complexity index is 552. The summed E-state index contributed by atoms with van der Waals surface area (Å²) in [5.41, 5.74) is 3.31. The van der Waals surface area contributed by atoms with Gasteiger partial charge in [0, 0.05) is 28.9 Å². The lowest BCUT2D eigenvalue weighted by Gasteiger charge is -2.09. The molecule has 2 aromatic carbocycles. The van der Waals surface area contributed by atoms with Crippen LogP contribution in [-0.2, 0) is 13.0 Å². The number of anilines is 1. The van der Waals surface area contributed by atoms with Crippen LogP contribution in [0.3, 0.4) is 0 Å². The maximum absolute atomic E-state index is 8.86. The van der Waals surface area contributed by atoms with Gasteiger partial charge in [-0.2, -0.15) is 0 Å². The molecular formula is C16H17Cl2NO. The number of aryl methyl sites for hydroxylation is 1. The summed E-state index contributed by atoms with van der Waals surface area (Å²) in [6, 6.07) is 13.7. The lowest BCUT2D eigenvalue weighted by Crippen LogP contribution is -2.00. The molecule has 0 radical (unpaired) electrons. The number of hydrogen-bond donors (Lipinski definition) is 2. The van der Waals surface area contributed by atoms with Gasteiger partial charge < -0.3 is 10.4 Å². The van der Waals surface area contributed by atoms with Crippen molar-refractivity contribution in [3.05, 3.63) is 63.6 Å². The Hall–Kier alpha value is -1.22. The van der Waals surface area contributed by atoms with Gasteiger partial charge in [-0.05, 0) is 54.3 Å². The van der Waals surface area contributed by atoms with E-state index in [2.05, 4.69) is 17.4 Å². The van der Waals surface area contributed by atoms with Crippen LogP contribution >= 0.6 is 23.2 Å². The smallest absolute Gasteiger partial charge is 0.0434 e. The van der Waals surface area contributed by atoms with Gasteiger partial charge in [0.05, 0.1) is 0 Å². The molecule has 0 bridgehead atoms. The first-order chi connectivity index (χ1) is 9.67. The number of aliphatic hydroxyl groups is 1. The first-order valence-corrected chi connectivity index (χ1v) is 7.31. The van der Waals surface area contributed by atoms with Crippen molar-refractivity contribution in [3.8, 4) is 0 Å². The van der Waals surface area contributed by atoms with Crippen LogP contribution < -0.4 is 5.32 Å². The van der Waals surface area contributed by atoms with E-state index in [4.69, 9.17) is 28.3 Å². The molecular weight excluding hydrogens is 293 g/mol. The summed E-state index contributed by atoms with van der Waals surface area (Å²) in [4.78, 5) is 0. The Morgan fingerprint density at radius 3 is 2.40 bits per heavy atom. The molecule has 0 aromatic heterocycles. The van der Waals surface area contributed by atoms with E-state index >= 15 is 0 Å². The number of rotatable bonds is 6. The molecule has 0 aliphatic carbocycles. The van der Waals surface area contributed by atoms with Crippen LogP contribution in [0, 0.1) is 0 Å². The molecule has 0 amide bonds. The van der Waals surface area contributed by atoms with Gasteiger partial charge in [-0.25, -0.2) is 0 Å². The summed E-state index contributed by atoms with van der Waals surface area (Å²) in [6.07, 6.45) is 1.67. The number of nitrogens with one attached hydrogen (secondary N) is 1. The van der Waals surface area contributed by atoms with Crippen molar-refractivity contribution < 1.29 is 5.11 Å². The molecule has 2 nitrogen and oxygen atoms in total. The highest BCUT2D eigenvalue weighted by atomic mass is 35.5. The molecule has 0 atom stereocenters. The average Bonchev–Trinajstić information content (AvgIpc) is 2.42. The maximum atomic E-state index is 8.86. The number of hydrogen-bond acceptors (Lipinski definition) is 2. The van der Waals surface area contributed by atoms with E-state index in [9.17, 15) is 0 Å². The second kappa shape index (κ2) is 7.53. The van der Waals surface area contributed by atoms with Crippen LogP contribution in [0.5, 0.6) is 0 Å². The summed E-state index contributed by atoms with van der Waals surface area (Å²) < 4.78 is 0. The molecule has 2 N–H and O–H groups in total. The van der Waals surface area contributed by atoms with E-state index in [0.717, 1.165) is 24.1 Å². The zero-order chi connectivity index (χ0) is 14.4. The lowest BCUT2D eigenvalue weighted by atomic mass is 10.1. The second-order valence-corrected chi connectivity index (χ2v) is 5.53. The van der Waals surface area contributed by atoms with E-state index < -0.39 is 0 Å². The highest BCUT2D eigenvalue weighted by molar-refractivity contribution is 6.34. The Kier molecular flexibility index (Phi) is 5.72. The Labute approximate surface area is 129 Å². The van der Waals surface area contributed by atoms with Gasteiger partial charge in [-0.15, -0.1) is 0 Å². The summed E-state index contributed by atoms with van der Waals surface area (Å²) >= 11 is 12.0. The predicted molar refractivity (Wildman–Crippen MR) is 85.6 cm³/mol. The molecule has 0 fully saturated rings. The van der Waals surface area contributed by atoms with Crippen molar-refractivity contribution >= 4 is 28.9 Å².